The number of benzene rings is 2. The molecule has 148 valence electrons. The molecule has 8 heteroatoms. The summed E-state index contributed by atoms with van der Waals surface area (Å²) in [5.41, 5.74) is 1.01. The van der Waals surface area contributed by atoms with Gasteiger partial charge in [0.2, 0.25) is 5.91 Å². The number of nitrogens with one attached hydrogen (secondary N) is 1. The first kappa shape index (κ1) is 19.7. The minimum Gasteiger partial charge on any atom is -0.492 e. The van der Waals surface area contributed by atoms with Crippen molar-refractivity contribution in [3.8, 4) is 5.75 Å². The molecule has 3 rings (SSSR count). The molecule has 3 aromatic rings. The Labute approximate surface area is 160 Å². The van der Waals surface area contributed by atoms with Gasteiger partial charge in [-0.3, -0.25) is 4.79 Å². The molecule has 0 spiro atoms. The van der Waals surface area contributed by atoms with Crippen LogP contribution in [0.1, 0.15) is 18.3 Å². The van der Waals surface area contributed by atoms with E-state index in [0.717, 1.165) is 29.0 Å². The molecule has 0 aliphatic rings. The fourth-order valence-electron chi connectivity index (χ4n) is 2.87. The molecule has 0 aliphatic heterocycles. The Balaban J connectivity index is 1.50. The first-order chi connectivity index (χ1) is 13.4. The van der Waals surface area contributed by atoms with Crippen molar-refractivity contribution in [1.82, 2.24) is 14.9 Å². The summed E-state index contributed by atoms with van der Waals surface area (Å²) in [5, 5.41) is 2.75. The van der Waals surface area contributed by atoms with Gasteiger partial charge in [0, 0.05) is 6.42 Å². The first-order valence-electron chi connectivity index (χ1n) is 8.89. The SMILES string of the molecule is CCc1nc2ccccc2n1CC(=O)NCCOc1ccc(C(F)(F)F)cc1. The number of hydrogen-bond acceptors (Lipinski definition) is 3. The number of hydrogen-bond donors (Lipinski definition) is 1. The van der Waals surface area contributed by atoms with E-state index in [1.165, 1.54) is 12.1 Å². The molecule has 1 heterocycles. The van der Waals surface area contributed by atoms with Gasteiger partial charge in [-0.15, -0.1) is 0 Å². The number of aromatic nitrogens is 2. The van der Waals surface area contributed by atoms with Gasteiger partial charge in [-0.1, -0.05) is 19.1 Å². The van der Waals surface area contributed by atoms with E-state index < -0.39 is 11.7 Å². The van der Waals surface area contributed by atoms with Gasteiger partial charge >= 0.3 is 6.18 Å². The number of carbonyl (C=O) groups excluding carboxylic acids is 1. The largest absolute Gasteiger partial charge is 0.492 e. The monoisotopic (exact) mass is 391 g/mol. The lowest BCUT2D eigenvalue weighted by molar-refractivity contribution is -0.137. The third-order valence-corrected chi connectivity index (χ3v) is 4.23. The van der Waals surface area contributed by atoms with E-state index in [4.69, 9.17) is 4.74 Å². The Bertz CT molecular complexity index is 949. The third kappa shape index (κ3) is 4.62. The Kier molecular flexibility index (Phi) is 5.87. The number of amides is 1. The number of para-hydroxylation sites is 2. The number of fused-ring (bicyclic) bond motifs is 1. The van der Waals surface area contributed by atoms with Crippen LogP contribution >= 0.6 is 0 Å². The summed E-state index contributed by atoms with van der Waals surface area (Å²) in [6, 6.07) is 12.1. The zero-order chi connectivity index (χ0) is 20.1. The van der Waals surface area contributed by atoms with Crippen molar-refractivity contribution in [3.05, 3.63) is 59.9 Å². The van der Waals surface area contributed by atoms with Gasteiger partial charge < -0.3 is 14.6 Å². The van der Waals surface area contributed by atoms with Crippen LogP contribution in [0.2, 0.25) is 0 Å². The molecule has 1 N–H and O–H groups in total. The third-order valence-electron chi connectivity index (χ3n) is 4.23. The van der Waals surface area contributed by atoms with Crippen LogP contribution in [0.5, 0.6) is 5.75 Å². The van der Waals surface area contributed by atoms with Crippen LogP contribution < -0.4 is 10.1 Å². The lowest BCUT2D eigenvalue weighted by Crippen LogP contribution is -2.31. The van der Waals surface area contributed by atoms with Gasteiger partial charge in [0.1, 0.15) is 24.7 Å². The maximum atomic E-state index is 12.5. The highest BCUT2D eigenvalue weighted by molar-refractivity contribution is 5.81. The summed E-state index contributed by atoms with van der Waals surface area (Å²) in [6.07, 6.45) is -3.67. The lowest BCUT2D eigenvalue weighted by atomic mass is 10.2. The van der Waals surface area contributed by atoms with Crippen LogP contribution in [0.3, 0.4) is 0 Å². The molecule has 0 radical (unpaired) electrons. The van der Waals surface area contributed by atoms with E-state index in [0.29, 0.717) is 12.2 Å². The Morgan fingerprint density at radius 1 is 1.14 bits per heavy atom. The average molecular weight is 391 g/mol. The number of nitrogens with zero attached hydrogens (tertiary/aromatic N) is 2. The second-order valence-corrected chi connectivity index (χ2v) is 6.18. The van der Waals surface area contributed by atoms with Crippen molar-refractivity contribution < 1.29 is 22.7 Å². The molecule has 0 unspecified atom stereocenters. The predicted octanol–water partition coefficient (Wildman–Crippen LogP) is 3.81. The summed E-state index contributed by atoms with van der Waals surface area (Å²) in [5.74, 6) is 0.961. The van der Waals surface area contributed by atoms with Crippen LogP contribution in [0.4, 0.5) is 13.2 Å². The van der Waals surface area contributed by atoms with E-state index in [-0.39, 0.29) is 25.6 Å². The number of halogens is 3. The summed E-state index contributed by atoms with van der Waals surface area (Å²) in [4.78, 5) is 16.8. The molecule has 1 amide bonds. The molecule has 28 heavy (non-hydrogen) atoms. The van der Waals surface area contributed by atoms with E-state index >= 15 is 0 Å². The maximum Gasteiger partial charge on any atom is 0.416 e. The number of rotatable bonds is 7. The van der Waals surface area contributed by atoms with Crippen molar-refractivity contribution in [1.29, 1.82) is 0 Å². The molecule has 2 aromatic carbocycles. The van der Waals surface area contributed by atoms with Gasteiger partial charge in [0.25, 0.3) is 0 Å². The van der Waals surface area contributed by atoms with E-state index in [1.807, 2.05) is 35.8 Å². The molecular weight excluding hydrogens is 371 g/mol. The first-order valence-corrected chi connectivity index (χ1v) is 8.89. The molecule has 0 atom stereocenters. The second-order valence-electron chi connectivity index (χ2n) is 6.18. The van der Waals surface area contributed by atoms with Crippen LogP contribution in [-0.2, 0) is 23.9 Å². The number of aryl methyl sites for hydroxylation is 1. The smallest absolute Gasteiger partial charge is 0.416 e. The molecular formula is C20H20F3N3O2. The van der Waals surface area contributed by atoms with E-state index in [1.54, 1.807) is 0 Å². The van der Waals surface area contributed by atoms with Crippen molar-refractivity contribution in [3.63, 3.8) is 0 Å². The minimum atomic E-state index is -4.37. The second kappa shape index (κ2) is 8.33. The van der Waals surface area contributed by atoms with Crippen molar-refractivity contribution in [2.45, 2.75) is 26.1 Å². The Morgan fingerprint density at radius 3 is 2.54 bits per heavy atom. The zero-order valence-corrected chi connectivity index (χ0v) is 15.3. The van der Waals surface area contributed by atoms with Gasteiger partial charge in [-0.05, 0) is 36.4 Å². The van der Waals surface area contributed by atoms with Crippen LogP contribution in [0.15, 0.2) is 48.5 Å². The molecule has 0 bridgehead atoms. The van der Waals surface area contributed by atoms with Gasteiger partial charge in [-0.25, -0.2) is 4.98 Å². The highest BCUT2D eigenvalue weighted by Gasteiger charge is 2.30. The Hall–Kier alpha value is -3.03. The molecule has 5 nitrogen and oxygen atoms in total. The quantitative estimate of drug-likeness (QED) is 0.623. The summed E-state index contributed by atoms with van der Waals surface area (Å²) in [6.45, 7) is 2.52. The zero-order valence-electron chi connectivity index (χ0n) is 15.3. The Morgan fingerprint density at radius 2 is 1.86 bits per heavy atom. The summed E-state index contributed by atoms with van der Waals surface area (Å²) >= 11 is 0. The minimum absolute atomic E-state index is 0.143. The van der Waals surface area contributed by atoms with Gasteiger partial charge in [0.05, 0.1) is 23.1 Å². The van der Waals surface area contributed by atoms with Crippen LogP contribution in [0.25, 0.3) is 11.0 Å². The average Bonchev–Trinajstić information content (AvgIpc) is 3.02. The highest BCUT2D eigenvalue weighted by atomic mass is 19.4. The van der Waals surface area contributed by atoms with Crippen molar-refractivity contribution >= 4 is 16.9 Å². The van der Waals surface area contributed by atoms with E-state index in [9.17, 15) is 18.0 Å². The lowest BCUT2D eigenvalue weighted by Gasteiger charge is -2.11. The van der Waals surface area contributed by atoms with Crippen LogP contribution in [-0.4, -0.2) is 28.6 Å². The van der Waals surface area contributed by atoms with Crippen molar-refractivity contribution in [2.75, 3.05) is 13.2 Å². The standard InChI is InChI=1S/C20H20F3N3O2/c1-2-18-25-16-5-3-4-6-17(16)26(18)13-19(27)24-11-12-28-15-9-7-14(8-10-15)20(21,22)23/h3-10H,2,11-13H2,1H3,(H,24,27). The topological polar surface area (TPSA) is 56.2 Å². The van der Waals surface area contributed by atoms with Gasteiger partial charge in [0.15, 0.2) is 0 Å². The maximum absolute atomic E-state index is 12.5. The molecule has 0 saturated carbocycles. The number of alkyl halides is 3. The fourth-order valence-corrected chi connectivity index (χ4v) is 2.87. The number of carbonyl (C=O) groups is 1. The van der Waals surface area contributed by atoms with E-state index in [2.05, 4.69) is 10.3 Å². The molecule has 0 saturated heterocycles. The predicted molar refractivity (Wildman–Crippen MR) is 99.1 cm³/mol. The molecule has 1 aromatic heterocycles. The van der Waals surface area contributed by atoms with Crippen molar-refractivity contribution in [2.24, 2.45) is 0 Å². The fraction of sp³-hybridized carbons (Fsp3) is 0.300. The summed E-state index contributed by atoms with van der Waals surface area (Å²) in [7, 11) is 0. The van der Waals surface area contributed by atoms with Gasteiger partial charge in [-0.2, -0.15) is 13.2 Å². The molecule has 0 fully saturated rings. The normalized spacial score (nSPS) is 11.6. The molecule has 0 aliphatic carbocycles. The number of imidazole rings is 1. The number of ether oxygens (including phenoxy) is 1. The summed E-state index contributed by atoms with van der Waals surface area (Å²) < 4.78 is 44.8. The van der Waals surface area contributed by atoms with Crippen LogP contribution in [0, 0.1) is 0 Å². The highest BCUT2D eigenvalue weighted by Crippen LogP contribution is 2.30.